The molecule has 3 heterocycles. The lowest BCUT2D eigenvalue weighted by atomic mass is 10.0. The van der Waals surface area contributed by atoms with Crippen molar-refractivity contribution >= 4 is 5.91 Å². The Morgan fingerprint density at radius 1 is 1.45 bits per heavy atom. The minimum Gasteiger partial charge on any atom is -0.334 e. The van der Waals surface area contributed by atoms with Gasteiger partial charge in [0.25, 0.3) is 0 Å². The van der Waals surface area contributed by atoms with Crippen molar-refractivity contribution in [3.63, 3.8) is 0 Å². The molecule has 0 spiro atoms. The Labute approximate surface area is 130 Å². The van der Waals surface area contributed by atoms with Crippen LogP contribution in [-0.2, 0) is 4.79 Å². The maximum atomic E-state index is 12.5. The van der Waals surface area contributed by atoms with Gasteiger partial charge in [0.1, 0.15) is 6.33 Å². The molecule has 22 heavy (non-hydrogen) atoms. The highest BCUT2D eigenvalue weighted by molar-refractivity contribution is 5.77. The molecule has 1 saturated heterocycles. The van der Waals surface area contributed by atoms with E-state index in [1.54, 1.807) is 6.20 Å². The van der Waals surface area contributed by atoms with Crippen molar-refractivity contribution in [2.45, 2.75) is 50.2 Å². The molecule has 1 aromatic rings. The Balaban J connectivity index is 1.57. The van der Waals surface area contributed by atoms with Gasteiger partial charge in [-0.1, -0.05) is 0 Å². The quantitative estimate of drug-likeness (QED) is 0.757. The highest BCUT2D eigenvalue weighted by Crippen LogP contribution is 2.38. The summed E-state index contributed by atoms with van der Waals surface area (Å²) in [5.41, 5.74) is 0.537. The fraction of sp³-hybridized carbons (Fsp3) is 0.562. The van der Waals surface area contributed by atoms with Crippen LogP contribution in [0, 0.1) is 12.3 Å². The molecule has 0 N–H and O–H groups in total. The number of hydrogen-bond acceptors (Lipinski definition) is 5. The smallest absolute Gasteiger partial charge is 0.223 e. The van der Waals surface area contributed by atoms with E-state index in [1.807, 2.05) is 11.0 Å². The number of aromatic nitrogens is 2. The van der Waals surface area contributed by atoms with Crippen LogP contribution in [-0.4, -0.2) is 33.0 Å². The SMILES string of the molecule is C#CCCC1(CCC(=O)N2CCCC2c2ccncn2)N=N1. The lowest BCUT2D eigenvalue weighted by Gasteiger charge is -2.24. The van der Waals surface area contributed by atoms with Crippen molar-refractivity contribution in [2.24, 2.45) is 10.2 Å². The van der Waals surface area contributed by atoms with Crippen LogP contribution in [0.25, 0.3) is 0 Å². The summed E-state index contributed by atoms with van der Waals surface area (Å²) in [7, 11) is 0. The van der Waals surface area contributed by atoms with Crippen LogP contribution in [0.3, 0.4) is 0 Å². The predicted molar refractivity (Wildman–Crippen MR) is 80.6 cm³/mol. The molecular weight excluding hydrogens is 278 g/mol. The van der Waals surface area contributed by atoms with E-state index < -0.39 is 0 Å². The van der Waals surface area contributed by atoms with Gasteiger partial charge in [-0.25, -0.2) is 9.97 Å². The lowest BCUT2D eigenvalue weighted by molar-refractivity contribution is -0.132. The van der Waals surface area contributed by atoms with E-state index >= 15 is 0 Å². The van der Waals surface area contributed by atoms with E-state index in [0.717, 1.165) is 31.5 Å². The number of carbonyl (C=O) groups excluding carboxylic acids is 1. The van der Waals surface area contributed by atoms with E-state index in [2.05, 4.69) is 26.1 Å². The first-order valence-corrected chi connectivity index (χ1v) is 7.67. The van der Waals surface area contributed by atoms with Crippen molar-refractivity contribution in [1.82, 2.24) is 14.9 Å². The van der Waals surface area contributed by atoms with Gasteiger partial charge in [-0.3, -0.25) is 4.79 Å². The minimum atomic E-state index is -0.383. The third-order valence-corrected chi connectivity index (χ3v) is 4.31. The summed E-state index contributed by atoms with van der Waals surface area (Å²) in [5.74, 6) is 2.76. The second-order valence-electron chi connectivity index (χ2n) is 5.77. The summed E-state index contributed by atoms with van der Waals surface area (Å²) in [6.45, 7) is 0.791. The summed E-state index contributed by atoms with van der Waals surface area (Å²) >= 11 is 0. The Kier molecular flexibility index (Phi) is 4.14. The molecule has 0 saturated carbocycles. The Morgan fingerprint density at radius 2 is 2.32 bits per heavy atom. The second kappa shape index (κ2) is 6.22. The van der Waals surface area contributed by atoms with Crippen molar-refractivity contribution in [2.75, 3.05) is 6.54 Å². The molecule has 1 fully saturated rings. The van der Waals surface area contributed by atoms with Crippen LogP contribution in [0.15, 0.2) is 28.8 Å². The lowest BCUT2D eigenvalue weighted by Crippen LogP contribution is -2.31. The van der Waals surface area contributed by atoms with Crippen molar-refractivity contribution in [3.05, 3.63) is 24.3 Å². The van der Waals surface area contributed by atoms with Crippen molar-refractivity contribution < 1.29 is 4.79 Å². The third-order valence-electron chi connectivity index (χ3n) is 4.31. The summed E-state index contributed by atoms with van der Waals surface area (Å²) in [5, 5.41) is 8.17. The molecule has 0 aromatic carbocycles. The zero-order chi connectivity index (χ0) is 15.4. The van der Waals surface area contributed by atoms with Gasteiger partial charge < -0.3 is 4.90 Å². The molecule has 2 aliphatic rings. The average Bonchev–Trinajstić information content (AvgIpc) is 3.16. The highest BCUT2D eigenvalue weighted by Gasteiger charge is 2.40. The Hall–Kier alpha value is -2.29. The first kappa shape index (κ1) is 14.6. The number of amides is 1. The summed E-state index contributed by atoms with van der Waals surface area (Å²) in [6, 6.07) is 1.96. The van der Waals surface area contributed by atoms with Gasteiger partial charge >= 0.3 is 0 Å². The van der Waals surface area contributed by atoms with E-state index in [-0.39, 0.29) is 17.6 Å². The molecule has 1 unspecified atom stereocenters. The van der Waals surface area contributed by atoms with Crippen LogP contribution < -0.4 is 0 Å². The normalized spacial score (nSPS) is 21.6. The fourth-order valence-electron chi connectivity index (χ4n) is 2.99. The number of hydrogen-bond donors (Lipinski definition) is 0. The van der Waals surface area contributed by atoms with Gasteiger partial charge in [0.2, 0.25) is 5.91 Å². The highest BCUT2D eigenvalue weighted by atomic mass is 16.2. The van der Waals surface area contributed by atoms with Gasteiger partial charge in [-0.05, 0) is 18.9 Å². The molecule has 1 aromatic heterocycles. The molecule has 3 rings (SSSR count). The van der Waals surface area contributed by atoms with Gasteiger partial charge in [0.05, 0.1) is 11.7 Å². The molecule has 0 aliphatic carbocycles. The summed E-state index contributed by atoms with van der Waals surface area (Å²) < 4.78 is 0. The molecule has 0 radical (unpaired) electrons. The molecule has 1 amide bonds. The first-order chi connectivity index (χ1) is 10.7. The van der Waals surface area contributed by atoms with E-state index in [1.165, 1.54) is 6.33 Å². The zero-order valence-electron chi connectivity index (χ0n) is 12.5. The second-order valence-corrected chi connectivity index (χ2v) is 5.77. The molecule has 6 nitrogen and oxygen atoms in total. The van der Waals surface area contributed by atoms with Crippen LogP contribution in [0.1, 0.15) is 50.3 Å². The van der Waals surface area contributed by atoms with E-state index in [4.69, 9.17) is 6.42 Å². The van der Waals surface area contributed by atoms with E-state index in [9.17, 15) is 4.79 Å². The fourth-order valence-corrected chi connectivity index (χ4v) is 2.99. The molecule has 2 aliphatic heterocycles. The van der Waals surface area contributed by atoms with E-state index in [0.29, 0.717) is 19.3 Å². The number of likely N-dealkylation sites (tertiary alicyclic amines) is 1. The van der Waals surface area contributed by atoms with Crippen molar-refractivity contribution in [3.8, 4) is 12.3 Å². The minimum absolute atomic E-state index is 0.0743. The summed E-state index contributed by atoms with van der Waals surface area (Å²) in [6.07, 6.45) is 13.0. The number of carbonyl (C=O) groups is 1. The van der Waals surface area contributed by atoms with Crippen LogP contribution in [0.5, 0.6) is 0 Å². The zero-order valence-corrected chi connectivity index (χ0v) is 12.5. The largest absolute Gasteiger partial charge is 0.334 e. The maximum Gasteiger partial charge on any atom is 0.223 e. The van der Waals surface area contributed by atoms with Crippen LogP contribution in [0.4, 0.5) is 0 Å². The Bertz CT molecular complexity index is 601. The average molecular weight is 297 g/mol. The topological polar surface area (TPSA) is 70.8 Å². The molecule has 1 atom stereocenters. The van der Waals surface area contributed by atoms with Crippen molar-refractivity contribution in [1.29, 1.82) is 0 Å². The van der Waals surface area contributed by atoms with Gasteiger partial charge in [0, 0.05) is 38.4 Å². The van der Waals surface area contributed by atoms with Crippen LogP contribution >= 0.6 is 0 Å². The van der Waals surface area contributed by atoms with Gasteiger partial charge in [0.15, 0.2) is 5.66 Å². The summed E-state index contributed by atoms with van der Waals surface area (Å²) in [4.78, 5) is 22.7. The Morgan fingerprint density at radius 3 is 3.00 bits per heavy atom. The number of nitrogens with zero attached hydrogens (tertiary/aromatic N) is 5. The maximum absolute atomic E-state index is 12.5. The molecule has 0 bridgehead atoms. The molecule has 114 valence electrons. The predicted octanol–water partition coefficient (Wildman–Crippen LogP) is 2.50. The third kappa shape index (κ3) is 3.14. The number of rotatable bonds is 6. The van der Waals surface area contributed by atoms with Crippen LogP contribution in [0.2, 0.25) is 0 Å². The first-order valence-electron chi connectivity index (χ1n) is 7.67. The van der Waals surface area contributed by atoms with Gasteiger partial charge in [-0.2, -0.15) is 10.2 Å². The standard InChI is InChI=1S/C16H19N5O/c1-2-3-8-16(19-20-16)9-6-15(22)21-11-4-5-14(21)13-7-10-17-12-18-13/h1,7,10,12,14H,3-6,8-9,11H2. The van der Waals surface area contributed by atoms with Gasteiger partial charge in [-0.15, -0.1) is 12.3 Å². The number of terminal acetylenes is 1. The monoisotopic (exact) mass is 297 g/mol. The molecular formula is C16H19N5O. The molecule has 6 heteroatoms.